The lowest BCUT2D eigenvalue weighted by Gasteiger charge is -2.44. The Labute approximate surface area is 177 Å². The van der Waals surface area contributed by atoms with Crippen molar-refractivity contribution in [1.29, 1.82) is 0 Å². The lowest BCUT2D eigenvalue weighted by molar-refractivity contribution is -0.178. The maximum Gasteiger partial charge on any atom is 0.256 e. The molecule has 1 atom stereocenters. The topological polar surface area (TPSA) is 83.0 Å². The van der Waals surface area contributed by atoms with E-state index in [2.05, 4.69) is 4.98 Å². The first-order valence-corrected chi connectivity index (χ1v) is 9.99. The first-order valence-electron chi connectivity index (χ1n) is 9.99. The van der Waals surface area contributed by atoms with E-state index in [0.717, 1.165) is 16.7 Å². The van der Waals surface area contributed by atoms with Crippen molar-refractivity contribution in [1.82, 2.24) is 14.8 Å². The van der Waals surface area contributed by atoms with Crippen LogP contribution < -0.4 is 0 Å². The van der Waals surface area contributed by atoms with E-state index in [1.54, 1.807) is 26.5 Å². The van der Waals surface area contributed by atoms with E-state index in [-0.39, 0.29) is 19.1 Å². The van der Waals surface area contributed by atoms with Crippen LogP contribution in [-0.2, 0) is 20.7 Å². The van der Waals surface area contributed by atoms with Gasteiger partial charge in [0.1, 0.15) is 5.60 Å². The molecule has 1 N–H and O–H groups in total. The molecule has 0 saturated carbocycles. The zero-order valence-electron chi connectivity index (χ0n) is 18.0. The zero-order valence-corrected chi connectivity index (χ0v) is 18.0. The molecule has 1 aliphatic heterocycles. The number of nitrogens with zero attached hydrogens (tertiary/aromatic N) is 3. The van der Waals surface area contributed by atoms with Gasteiger partial charge in [-0.15, -0.1) is 0 Å². The molecule has 3 rings (SSSR count). The molecule has 2 amide bonds. The molecular weight excluding hydrogens is 382 g/mol. The fourth-order valence-electron chi connectivity index (χ4n) is 3.80. The summed E-state index contributed by atoms with van der Waals surface area (Å²) in [6, 6.07) is 11.8. The van der Waals surface area contributed by atoms with Gasteiger partial charge >= 0.3 is 0 Å². The third kappa shape index (κ3) is 4.68. The van der Waals surface area contributed by atoms with E-state index in [1.165, 1.54) is 23.6 Å². The van der Waals surface area contributed by atoms with Crippen molar-refractivity contribution in [2.24, 2.45) is 0 Å². The highest BCUT2D eigenvalue weighted by Gasteiger charge is 2.47. The number of aliphatic hydroxyl groups is 1. The Balaban J connectivity index is 1.93. The van der Waals surface area contributed by atoms with E-state index < -0.39 is 17.1 Å². The monoisotopic (exact) mass is 411 g/mol. The molecule has 30 heavy (non-hydrogen) atoms. The number of benzene rings is 1. The fourth-order valence-corrected chi connectivity index (χ4v) is 3.80. The molecule has 0 bridgehead atoms. The van der Waals surface area contributed by atoms with Gasteiger partial charge in [0.25, 0.3) is 11.8 Å². The zero-order chi connectivity index (χ0) is 21.9. The van der Waals surface area contributed by atoms with Crippen molar-refractivity contribution in [2.75, 3.05) is 33.8 Å². The number of morpholine rings is 1. The first-order chi connectivity index (χ1) is 14.1. The van der Waals surface area contributed by atoms with Gasteiger partial charge in [-0.25, -0.2) is 0 Å². The highest BCUT2D eigenvalue weighted by Crippen LogP contribution is 2.29. The second kappa shape index (κ2) is 8.53. The SMILES string of the molecule is CN(C)C(=O)[C@@]1(Cc2cccc(-c3ccncc3)c2)CN(C(=O)C(C)(C)O)CCO1. The lowest BCUT2D eigenvalue weighted by atomic mass is 9.89. The van der Waals surface area contributed by atoms with E-state index in [1.807, 2.05) is 36.4 Å². The number of pyridine rings is 1. The Morgan fingerprint density at radius 2 is 1.90 bits per heavy atom. The van der Waals surface area contributed by atoms with Gasteiger partial charge in [-0.2, -0.15) is 0 Å². The van der Waals surface area contributed by atoms with Crippen LogP contribution in [0.5, 0.6) is 0 Å². The summed E-state index contributed by atoms with van der Waals surface area (Å²) in [6.07, 6.45) is 3.80. The lowest BCUT2D eigenvalue weighted by Crippen LogP contribution is -2.63. The molecule has 0 unspecified atom stereocenters. The smallest absolute Gasteiger partial charge is 0.256 e. The number of carbonyl (C=O) groups excluding carboxylic acids is 2. The second-order valence-electron chi connectivity index (χ2n) is 8.44. The number of hydrogen-bond donors (Lipinski definition) is 1. The first kappa shape index (κ1) is 21.9. The van der Waals surface area contributed by atoms with Crippen molar-refractivity contribution in [3.05, 3.63) is 54.4 Å². The number of hydrogen-bond acceptors (Lipinski definition) is 5. The molecule has 1 fully saturated rings. The molecule has 0 spiro atoms. The molecule has 2 aromatic rings. The number of aromatic nitrogens is 1. The number of rotatable bonds is 5. The summed E-state index contributed by atoms with van der Waals surface area (Å²) < 4.78 is 6.05. The van der Waals surface area contributed by atoms with E-state index in [4.69, 9.17) is 4.74 Å². The third-order valence-electron chi connectivity index (χ3n) is 5.22. The molecule has 1 aromatic heterocycles. The van der Waals surface area contributed by atoms with Crippen LogP contribution in [0.25, 0.3) is 11.1 Å². The van der Waals surface area contributed by atoms with Crippen molar-refractivity contribution in [3.8, 4) is 11.1 Å². The average molecular weight is 412 g/mol. The summed E-state index contributed by atoms with van der Waals surface area (Å²) >= 11 is 0. The van der Waals surface area contributed by atoms with Crippen molar-refractivity contribution in [2.45, 2.75) is 31.5 Å². The Hall–Kier alpha value is -2.77. The van der Waals surface area contributed by atoms with Crippen LogP contribution in [0.15, 0.2) is 48.8 Å². The van der Waals surface area contributed by atoms with Crippen LogP contribution in [0, 0.1) is 0 Å². The van der Waals surface area contributed by atoms with Crippen molar-refractivity contribution < 1.29 is 19.4 Å². The highest BCUT2D eigenvalue weighted by molar-refractivity contribution is 5.89. The molecule has 0 aliphatic carbocycles. The van der Waals surface area contributed by atoms with E-state index in [0.29, 0.717) is 13.0 Å². The van der Waals surface area contributed by atoms with Gasteiger partial charge in [0.15, 0.2) is 5.60 Å². The second-order valence-corrected chi connectivity index (χ2v) is 8.44. The molecule has 1 aliphatic rings. The van der Waals surface area contributed by atoms with Crippen LogP contribution in [-0.4, -0.2) is 76.7 Å². The van der Waals surface area contributed by atoms with Crippen LogP contribution in [0.1, 0.15) is 19.4 Å². The Kier molecular flexibility index (Phi) is 6.24. The average Bonchev–Trinajstić information content (AvgIpc) is 2.73. The molecule has 7 heteroatoms. The third-order valence-corrected chi connectivity index (χ3v) is 5.22. The highest BCUT2D eigenvalue weighted by atomic mass is 16.5. The Morgan fingerprint density at radius 3 is 2.53 bits per heavy atom. The summed E-state index contributed by atoms with van der Waals surface area (Å²) in [6.45, 7) is 3.57. The summed E-state index contributed by atoms with van der Waals surface area (Å²) in [5, 5.41) is 10.2. The molecule has 1 aromatic carbocycles. The predicted octanol–water partition coefficient (Wildman–Crippen LogP) is 1.75. The fraction of sp³-hybridized carbons (Fsp3) is 0.435. The minimum Gasteiger partial charge on any atom is -0.381 e. The molecule has 2 heterocycles. The van der Waals surface area contributed by atoms with Crippen molar-refractivity contribution in [3.63, 3.8) is 0 Å². The standard InChI is InChI=1S/C23H29N3O4/c1-22(2,29)20(27)26-12-13-30-23(16-26,21(28)25(3)4)15-17-6-5-7-19(14-17)18-8-10-24-11-9-18/h5-11,14,29H,12-13,15-16H2,1-4H3/t23-/m1/s1. The van der Waals surface area contributed by atoms with Gasteiger partial charge in [-0.3, -0.25) is 14.6 Å². The number of likely N-dealkylation sites (N-methyl/N-ethyl adjacent to an activating group) is 1. The summed E-state index contributed by atoms with van der Waals surface area (Å²) in [5.41, 5.74) is 0.258. The normalized spacial score (nSPS) is 19.4. The van der Waals surface area contributed by atoms with Crippen molar-refractivity contribution >= 4 is 11.8 Å². The van der Waals surface area contributed by atoms with Gasteiger partial charge in [-0.05, 0) is 42.7 Å². The van der Waals surface area contributed by atoms with E-state index >= 15 is 0 Å². The van der Waals surface area contributed by atoms with Crippen LogP contribution in [0.4, 0.5) is 0 Å². The molecule has 1 saturated heterocycles. The van der Waals surface area contributed by atoms with Gasteiger partial charge in [0.2, 0.25) is 0 Å². The van der Waals surface area contributed by atoms with E-state index in [9.17, 15) is 14.7 Å². The minimum atomic E-state index is -1.51. The summed E-state index contributed by atoms with van der Waals surface area (Å²) in [4.78, 5) is 32.9. The molecule has 0 radical (unpaired) electrons. The Morgan fingerprint density at radius 1 is 1.20 bits per heavy atom. The van der Waals surface area contributed by atoms with Gasteiger partial charge in [0.05, 0.1) is 13.2 Å². The number of carbonyl (C=O) groups is 2. The minimum absolute atomic E-state index is 0.0896. The van der Waals surface area contributed by atoms with Gasteiger partial charge in [0, 0.05) is 39.5 Å². The quantitative estimate of drug-likeness (QED) is 0.811. The molecule has 160 valence electrons. The maximum atomic E-state index is 13.2. The summed E-state index contributed by atoms with van der Waals surface area (Å²) in [7, 11) is 3.36. The van der Waals surface area contributed by atoms with Gasteiger partial charge in [-0.1, -0.05) is 24.3 Å². The predicted molar refractivity (Wildman–Crippen MR) is 114 cm³/mol. The maximum absolute atomic E-state index is 13.2. The number of amides is 2. The van der Waals surface area contributed by atoms with Crippen LogP contribution >= 0.6 is 0 Å². The van der Waals surface area contributed by atoms with Gasteiger partial charge < -0.3 is 19.6 Å². The van der Waals surface area contributed by atoms with Crippen LogP contribution in [0.2, 0.25) is 0 Å². The summed E-state index contributed by atoms with van der Waals surface area (Å²) in [5.74, 6) is -0.614. The van der Waals surface area contributed by atoms with Crippen LogP contribution in [0.3, 0.4) is 0 Å². The molecular formula is C23H29N3O4. The largest absolute Gasteiger partial charge is 0.381 e. The number of ether oxygens (including phenoxy) is 1. The molecule has 7 nitrogen and oxygen atoms in total. The Bertz CT molecular complexity index is 908.